The SMILES string of the molecule is CCOC1C(N=[N+]=[N-])=C(Cl)C(=O)N1CC. The van der Waals surface area contributed by atoms with Gasteiger partial charge in [-0.3, -0.25) is 4.79 Å². The van der Waals surface area contributed by atoms with Crippen LogP contribution < -0.4 is 0 Å². The van der Waals surface area contributed by atoms with Crippen LogP contribution in [0.15, 0.2) is 15.8 Å². The third-order valence-electron chi connectivity index (χ3n) is 2.01. The van der Waals surface area contributed by atoms with E-state index in [1.807, 2.05) is 0 Å². The first kappa shape index (κ1) is 11.8. The van der Waals surface area contributed by atoms with Crippen molar-refractivity contribution in [3.8, 4) is 0 Å². The quantitative estimate of drug-likeness (QED) is 0.420. The van der Waals surface area contributed by atoms with Crippen LogP contribution in [0.2, 0.25) is 0 Å². The fraction of sp³-hybridized carbons (Fsp3) is 0.625. The number of hydrogen-bond donors (Lipinski definition) is 0. The number of halogens is 1. The molecule has 15 heavy (non-hydrogen) atoms. The highest BCUT2D eigenvalue weighted by atomic mass is 35.5. The molecule has 82 valence electrons. The Balaban J connectivity index is 3.06. The molecule has 1 amide bonds. The van der Waals surface area contributed by atoms with Gasteiger partial charge in [-0.25, -0.2) is 0 Å². The molecule has 0 aromatic heterocycles. The predicted molar refractivity (Wildman–Crippen MR) is 54.8 cm³/mol. The standard InChI is InChI=1S/C8H11ClN4O2/c1-3-13-7(14)5(9)6(11-12-10)8(13)15-4-2/h8H,3-4H2,1-2H3. The fourth-order valence-electron chi connectivity index (χ4n) is 1.38. The van der Waals surface area contributed by atoms with Crippen LogP contribution in [0.1, 0.15) is 13.8 Å². The second-order valence-electron chi connectivity index (χ2n) is 2.79. The summed E-state index contributed by atoms with van der Waals surface area (Å²) in [6, 6.07) is 0. The van der Waals surface area contributed by atoms with E-state index in [9.17, 15) is 4.79 Å². The van der Waals surface area contributed by atoms with E-state index in [1.54, 1.807) is 13.8 Å². The molecule has 6 nitrogen and oxygen atoms in total. The molecule has 1 heterocycles. The third kappa shape index (κ3) is 2.07. The molecule has 1 aliphatic rings. The summed E-state index contributed by atoms with van der Waals surface area (Å²) in [7, 11) is 0. The van der Waals surface area contributed by atoms with E-state index in [-0.39, 0.29) is 16.6 Å². The van der Waals surface area contributed by atoms with Gasteiger partial charge < -0.3 is 9.64 Å². The average molecular weight is 231 g/mol. The second kappa shape index (κ2) is 5.02. The van der Waals surface area contributed by atoms with E-state index in [0.717, 1.165) is 0 Å². The Hall–Kier alpha value is -1.23. The van der Waals surface area contributed by atoms with Crippen molar-refractivity contribution in [2.24, 2.45) is 5.11 Å². The number of nitrogens with zero attached hydrogens (tertiary/aromatic N) is 4. The summed E-state index contributed by atoms with van der Waals surface area (Å²) < 4.78 is 5.31. The molecule has 0 fully saturated rings. The van der Waals surface area contributed by atoms with Crippen LogP contribution in [-0.4, -0.2) is 30.2 Å². The molecule has 0 saturated heterocycles. The number of amides is 1. The number of ether oxygens (including phenoxy) is 1. The molecular formula is C8H11ClN4O2. The zero-order valence-electron chi connectivity index (χ0n) is 8.47. The van der Waals surface area contributed by atoms with E-state index in [0.29, 0.717) is 13.2 Å². The van der Waals surface area contributed by atoms with Gasteiger partial charge >= 0.3 is 0 Å². The van der Waals surface area contributed by atoms with Crippen LogP contribution in [0.25, 0.3) is 10.4 Å². The summed E-state index contributed by atoms with van der Waals surface area (Å²) in [5.74, 6) is -0.361. The third-order valence-corrected chi connectivity index (χ3v) is 2.36. The largest absolute Gasteiger partial charge is 0.354 e. The molecule has 0 saturated carbocycles. The Kier molecular flexibility index (Phi) is 3.96. The summed E-state index contributed by atoms with van der Waals surface area (Å²) in [6.45, 7) is 4.44. The van der Waals surface area contributed by atoms with Crippen LogP contribution in [0.5, 0.6) is 0 Å². The fourth-order valence-corrected chi connectivity index (χ4v) is 1.62. The van der Waals surface area contributed by atoms with Crippen molar-refractivity contribution in [3.63, 3.8) is 0 Å². The maximum atomic E-state index is 11.6. The first-order chi connectivity index (χ1) is 7.17. The molecular weight excluding hydrogens is 220 g/mol. The van der Waals surface area contributed by atoms with Crippen molar-refractivity contribution >= 4 is 17.5 Å². The summed E-state index contributed by atoms with van der Waals surface area (Å²) in [5, 5.41) is 3.33. The normalized spacial score (nSPS) is 20.9. The van der Waals surface area contributed by atoms with Gasteiger partial charge in [-0.15, -0.1) is 0 Å². The molecule has 0 aromatic carbocycles. The zero-order valence-corrected chi connectivity index (χ0v) is 9.23. The maximum absolute atomic E-state index is 11.6. The van der Waals surface area contributed by atoms with Crippen LogP contribution in [0.3, 0.4) is 0 Å². The number of carbonyl (C=O) groups is 1. The van der Waals surface area contributed by atoms with Gasteiger partial charge in [-0.1, -0.05) is 16.7 Å². The first-order valence-electron chi connectivity index (χ1n) is 4.54. The van der Waals surface area contributed by atoms with E-state index < -0.39 is 6.23 Å². The Morgan fingerprint density at radius 1 is 1.67 bits per heavy atom. The van der Waals surface area contributed by atoms with Crippen molar-refractivity contribution in [1.82, 2.24) is 4.90 Å². The minimum Gasteiger partial charge on any atom is -0.354 e. The van der Waals surface area contributed by atoms with Crippen molar-refractivity contribution in [2.45, 2.75) is 20.1 Å². The lowest BCUT2D eigenvalue weighted by molar-refractivity contribution is -0.133. The second-order valence-corrected chi connectivity index (χ2v) is 3.17. The summed E-state index contributed by atoms with van der Waals surface area (Å²) in [4.78, 5) is 15.6. The van der Waals surface area contributed by atoms with E-state index in [1.165, 1.54) is 4.90 Å². The zero-order chi connectivity index (χ0) is 11.4. The van der Waals surface area contributed by atoms with Crippen LogP contribution in [0, 0.1) is 0 Å². The highest BCUT2D eigenvalue weighted by Gasteiger charge is 2.37. The molecule has 1 aliphatic heterocycles. The van der Waals surface area contributed by atoms with Crippen LogP contribution in [0.4, 0.5) is 0 Å². The van der Waals surface area contributed by atoms with Crippen LogP contribution >= 0.6 is 11.6 Å². The van der Waals surface area contributed by atoms with Gasteiger partial charge in [0, 0.05) is 18.1 Å². The van der Waals surface area contributed by atoms with Gasteiger partial charge in [0.1, 0.15) is 5.03 Å². The van der Waals surface area contributed by atoms with Crippen molar-refractivity contribution in [3.05, 3.63) is 21.2 Å². The molecule has 1 atom stereocenters. The molecule has 0 spiro atoms. The van der Waals surface area contributed by atoms with Gasteiger partial charge in [-0.2, -0.15) is 0 Å². The molecule has 0 N–H and O–H groups in total. The number of carbonyl (C=O) groups excluding carboxylic acids is 1. The Bertz CT molecular complexity index is 349. The summed E-state index contributed by atoms with van der Waals surface area (Å²) in [6.07, 6.45) is -0.657. The number of azide groups is 1. The van der Waals surface area contributed by atoms with E-state index in [4.69, 9.17) is 21.9 Å². The van der Waals surface area contributed by atoms with Crippen molar-refractivity contribution in [1.29, 1.82) is 0 Å². The molecule has 7 heteroatoms. The number of rotatable bonds is 4. The van der Waals surface area contributed by atoms with E-state index in [2.05, 4.69) is 10.0 Å². The lowest BCUT2D eigenvalue weighted by atomic mass is 10.4. The number of likely N-dealkylation sites (N-methyl/N-ethyl adjacent to an activating group) is 1. The van der Waals surface area contributed by atoms with Gasteiger partial charge in [0.25, 0.3) is 5.91 Å². The smallest absolute Gasteiger partial charge is 0.267 e. The molecule has 0 radical (unpaired) electrons. The lowest BCUT2D eigenvalue weighted by Gasteiger charge is -2.23. The average Bonchev–Trinajstić information content (AvgIpc) is 2.44. The maximum Gasteiger partial charge on any atom is 0.267 e. The topological polar surface area (TPSA) is 78.3 Å². The Morgan fingerprint density at radius 3 is 2.80 bits per heavy atom. The van der Waals surface area contributed by atoms with Gasteiger partial charge in [0.05, 0.1) is 5.70 Å². The minimum absolute atomic E-state index is 0.0619. The summed E-state index contributed by atoms with van der Waals surface area (Å²) >= 11 is 5.75. The first-order valence-corrected chi connectivity index (χ1v) is 4.92. The molecule has 0 aromatic rings. The van der Waals surface area contributed by atoms with Gasteiger partial charge in [0.15, 0.2) is 6.23 Å². The molecule has 0 bridgehead atoms. The van der Waals surface area contributed by atoms with Crippen molar-refractivity contribution in [2.75, 3.05) is 13.2 Å². The van der Waals surface area contributed by atoms with Gasteiger partial charge in [0.2, 0.25) is 0 Å². The minimum atomic E-state index is -0.657. The molecule has 1 rings (SSSR count). The lowest BCUT2D eigenvalue weighted by Crippen LogP contribution is -2.37. The highest BCUT2D eigenvalue weighted by Crippen LogP contribution is 2.30. The molecule has 0 aliphatic carbocycles. The Morgan fingerprint density at radius 2 is 2.33 bits per heavy atom. The van der Waals surface area contributed by atoms with Crippen molar-refractivity contribution < 1.29 is 9.53 Å². The van der Waals surface area contributed by atoms with Crippen LogP contribution in [-0.2, 0) is 9.53 Å². The van der Waals surface area contributed by atoms with E-state index >= 15 is 0 Å². The summed E-state index contributed by atoms with van der Waals surface area (Å²) in [5.41, 5.74) is 8.50. The molecule has 1 unspecified atom stereocenters. The predicted octanol–water partition coefficient (Wildman–Crippen LogP) is 1.97. The monoisotopic (exact) mass is 230 g/mol. The Labute approximate surface area is 92.1 Å². The highest BCUT2D eigenvalue weighted by molar-refractivity contribution is 6.43. The number of hydrogen-bond acceptors (Lipinski definition) is 3. The van der Waals surface area contributed by atoms with Gasteiger partial charge in [-0.05, 0) is 19.4 Å².